The quantitative estimate of drug-likeness (QED) is 0.603. The van der Waals surface area contributed by atoms with E-state index in [1.54, 1.807) is 24.2 Å². The van der Waals surface area contributed by atoms with E-state index in [1.165, 1.54) is 19.2 Å². The Balaban J connectivity index is 1.79. The maximum Gasteiger partial charge on any atom is 0.335 e. The minimum Gasteiger partial charge on any atom is -0.495 e. The summed E-state index contributed by atoms with van der Waals surface area (Å²) in [4.78, 5) is 37.1. The third-order valence-corrected chi connectivity index (χ3v) is 5.57. The number of methoxy groups -OCH3 is 1. The molecule has 0 saturated heterocycles. The van der Waals surface area contributed by atoms with Crippen molar-refractivity contribution in [1.29, 1.82) is 0 Å². The molecular weight excluding hydrogens is 422 g/mol. The van der Waals surface area contributed by atoms with Gasteiger partial charge in [-0.3, -0.25) is 4.79 Å². The second-order valence-electron chi connectivity index (χ2n) is 8.42. The number of amides is 1. The van der Waals surface area contributed by atoms with E-state index in [0.717, 1.165) is 5.69 Å². The van der Waals surface area contributed by atoms with Crippen LogP contribution in [0, 0.1) is 5.41 Å². The number of hydrogen-bond acceptors (Lipinski definition) is 7. The zero-order chi connectivity index (χ0) is 23.8. The van der Waals surface area contributed by atoms with Crippen molar-refractivity contribution in [2.75, 3.05) is 35.8 Å². The molecule has 0 atom stereocenters. The van der Waals surface area contributed by atoms with Crippen molar-refractivity contribution in [3.05, 3.63) is 60.3 Å². The molecule has 9 heteroatoms. The Bertz CT molecular complexity index is 1210. The van der Waals surface area contributed by atoms with Crippen molar-refractivity contribution in [3.8, 4) is 5.75 Å². The van der Waals surface area contributed by atoms with Crippen LogP contribution in [0.25, 0.3) is 0 Å². The van der Waals surface area contributed by atoms with Gasteiger partial charge in [-0.15, -0.1) is 0 Å². The molecule has 0 radical (unpaired) electrons. The van der Waals surface area contributed by atoms with Crippen LogP contribution in [0.2, 0.25) is 0 Å². The van der Waals surface area contributed by atoms with Crippen LogP contribution in [0.15, 0.2) is 54.7 Å². The molecular formula is C24H25N5O4. The number of hydrogen-bond donors (Lipinski definition) is 2. The number of aromatic nitrogens is 2. The van der Waals surface area contributed by atoms with E-state index < -0.39 is 11.4 Å². The summed E-state index contributed by atoms with van der Waals surface area (Å²) in [6.07, 6.45) is 1.61. The Morgan fingerprint density at radius 3 is 2.58 bits per heavy atom. The Morgan fingerprint density at radius 2 is 1.91 bits per heavy atom. The molecule has 170 valence electrons. The molecule has 2 N–H and O–H groups in total. The minimum atomic E-state index is -1.05. The van der Waals surface area contributed by atoms with Gasteiger partial charge in [-0.1, -0.05) is 18.2 Å². The average Bonchev–Trinajstić information content (AvgIpc) is 2.88. The molecule has 2 heterocycles. The number of ether oxygens (including phenoxy) is 1. The van der Waals surface area contributed by atoms with E-state index in [9.17, 15) is 14.7 Å². The summed E-state index contributed by atoms with van der Waals surface area (Å²) < 4.78 is 5.35. The monoisotopic (exact) mass is 447 g/mol. The van der Waals surface area contributed by atoms with Crippen molar-refractivity contribution >= 4 is 40.7 Å². The van der Waals surface area contributed by atoms with Crippen molar-refractivity contribution < 1.29 is 19.4 Å². The predicted molar refractivity (Wildman–Crippen MR) is 126 cm³/mol. The third kappa shape index (κ3) is 4.17. The molecule has 0 bridgehead atoms. The molecule has 0 spiro atoms. The fraction of sp³-hybridized carbons (Fsp3) is 0.250. The highest BCUT2D eigenvalue weighted by Gasteiger charge is 2.39. The van der Waals surface area contributed by atoms with Gasteiger partial charge in [0.05, 0.1) is 30.0 Å². The molecule has 1 amide bonds. The van der Waals surface area contributed by atoms with Crippen molar-refractivity contribution in [1.82, 2.24) is 9.97 Å². The number of nitrogens with zero attached hydrogens (tertiary/aromatic N) is 4. The van der Waals surface area contributed by atoms with Crippen LogP contribution in [0.3, 0.4) is 0 Å². The van der Waals surface area contributed by atoms with Gasteiger partial charge in [0.25, 0.3) is 0 Å². The summed E-state index contributed by atoms with van der Waals surface area (Å²) in [6.45, 7) is 4.25. The predicted octanol–water partition coefficient (Wildman–Crippen LogP) is 4.07. The van der Waals surface area contributed by atoms with Gasteiger partial charge >= 0.3 is 5.97 Å². The first-order valence-electron chi connectivity index (χ1n) is 10.4. The van der Waals surface area contributed by atoms with Crippen LogP contribution >= 0.6 is 0 Å². The lowest BCUT2D eigenvalue weighted by atomic mass is 9.91. The number of rotatable bonds is 5. The van der Waals surface area contributed by atoms with E-state index in [1.807, 2.05) is 49.1 Å². The Labute approximate surface area is 191 Å². The second-order valence-corrected chi connectivity index (χ2v) is 8.42. The fourth-order valence-corrected chi connectivity index (χ4v) is 3.83. The maximum atomic E-state index is 13.1. The molecule has 0 aliphatic carbocycles. The summed E-state index contributed by atoms with van der Waals surface area (Å²) in [5.41, 5.74) is 1.47. The summed E-state index contributed by atoms with van der Waals surface area (Å²) in [5.74, 6) is 0.145. The van der Waals surface area contributed by atoms with Crippen LogP contribution in [-0.4, -0.2) is 47.7 Å². The van der Waals surface area contributed by atoms with E-state index in [0.29, 0.717) is 29.5 Å². The SMILES string of the molecule is COc1cc(C(=O)O)ccc1Nc1ncc2c(n1)N(c1ccccc1)CC(C)(C)C(=O)N2C. The van der Waals surface area contributed by atoms with Crippen molar-refractivity contribution in [3.63, 3.8) is 0 Å². The van der Waals surface area contributed by atoms with Gasteiger partial charge in [0.2, 0.25) is 11.9 Å². The van der Waals surface area contributed by atoms with Gasteiger partial charge in [0.15, 0.2) is 5.82 Å². The van der Waals surface area contributed by atoms with Gasteiger partial charge < -0.3 is 25.0 Å². The number of carbonyl (C=O) groups excluding carboxylic acids is 1. The molecule has 1 aliphatic rings. The van der Waals surface area contributed by atoms with Gasteiger partial charge in [-0.2, -0.15) is 4.98 Å². The van der Waals surface area contributed by atoms with Crippen molar-refractivity contribution in [2.24, 2.45) is 5.41 Å². The number of fused-ring (bicyclic) bond motifs is 1. The maximum absolute atomic E-state index is 13.1. The molecule has 2 aromatic carbocycles. The first-order chi connectivity index (χ1) is 15.7. The lowest BCUT2D eigenvalue weighted by Gasteiger charge is -2.29. The number of benzene rings is 2. The number of carboxylic acid groups (broad SMARTS) is 1. The summed E-state index contributed by atoms with van der Waals surface area (Å²) >= 11 is 0. The van der Waals surface area contributed by atoms with E-state index >= 15 is 0 Å². The molecule has 0 fully saturated rings. The topological polar surface area (TPSA) is 108 Å². The van der Waals surface area contributed by atoms with Gasteiger partial charge in [-0.25, -0.2) is 9.78 Å². The highest BCUT2D eigenvalue weighted by atomic mass is 16.5. The fourth-order valence-electron chi connectivity index (χ4n) is 3.83. The molecule has 3 aromatic rings. The number of nitrogens with one attached hydrogen (secondary N) is 1. The van der Waals surface area contributed by atoms with E-state index in [-0.39, 0.29) is 17.4 Å². The second kappa shape index (κ2) is 8.42. The number of carboxylic acids is 1. The highest BCUT2D eigenvalue weighted by molar-refractivity contribution is 6.01. The van der Waals surface area contributed by atoms with Crippen LogP contribution in [-0.2, 0) is 4.79 Å². The summed E-state index contributed by atoms with van der Waals surface area (Å²) in [5, 5.41) is 12.3. The lowest BCUT2D eigenvalue weighted by Crippen LogP contribution is -2.41. The minimum absolute atomic E-state index is 0.0302. The first-order valence-corrected chi connectivity index (χ1v) is 10.4. The zero-order valence-corrected chi connectivity index (χ0v) is 18.9. The number of carbonyl (C=O) groups is 2. The van der Waals surface area contributed by atoms with Crippen LogP contribution < -0.4 is 19.9 Å². The van der Waals surface area contributed by atoms with Gasteiger partial charge in [0.1, 0.15) is 11.4 Å². The van der Waals surface area contributed by atoms with E-state index in [2.05, 4.69) is 10.3 Å². The molecule has 0 saturated carbocycles. The van der Waals surface area contributed by atoms with E-state index in [4.69, 9.17) is 9.72 Å². The molecule has 33 heavy (non-hydrogen) atoms. The zero-order valence-electron chi connectivity index (χ0n) is 18.9. The lowest BCUT2D eigenvalue weighted by molar-refractivity contribution is -0.125. The number of para-hydroxylation sites is 1. The van der Waals surface area contributed by atoms with Crippen LogP contribution in [0.5, 0.6) is 5.75 Å². The molecule has 4 rings (SSSR count). The normalized spacial score (nSPS) is 15.0. The molecule has 0 unspecified atom stereocenters. The average molecular weight is 447 g/mol. The van der Waals surface area contributed by atoms with Crippen molar-refractivity contribution in [2.45, 2.75) is 13.8 Å². The molecule has 1 aliphatic heterocycles. The summed E-state index contributed by atoms with van der Waals surface area (Å²) in [6, 6.07) is 14.3. The van der Waals surface area contributed by atoms with Crippen LogP contribution in [0.1, 0.15) is 24.2 Å². The largest absolute Gasteiger partial charge is 0.495 e. The number of aromatic carboxylic acids is 1. The van der Waals surface area contributed by atoms with Crippen LogP contribution in [0.4, 0.5) is 28.8 Å². The summed E-state index contributed by atoms with van der Waals surface area (Å²) in [7, 11) is 3.19. The molecule has 9 nitrogen and oxygen atoms in total. The van der Waals surface area contributed by atoms with Gasteiger partial charge in [-0.05, 0) is 44.2 Å². The Morgan fingerprint density at radius 1 is 1.18 bits per heavy atom. The standard InChI is InChI=1S/C24H25N5O4/c1-24(2)14-29(16-8-6-5-7-9-16)20-18(28(3)22(24)32)13-25-23(27-20)26-17-11-10-15(21(30)31)12-19(17)33-4/h5-13H,14H2,1-4H3,(H,30,31)(H,25,26,27). The molecule has 1 aromatic heterocycles. The Kier molecular flexibility index (Phi) is 5.63. The first kappa shape index (κ1) is 22.1. The third-order valence-electron chi connectivity index (χ3n) is 5.57. The van der Waals surface area contributed by atoms with Gasteiger partial charge in [0, 0.05) is 19.3 Å². The highest BCUT2D eigenvalue weighted by Crippen LogP contribution is 2.40. The smallest absolute Gasteiger partial charge is 0.335 e. The number of anilines is 5. The Hall–Kier alpha value is -4.14.